The molecule has 15 heavy (non-hydrogen) atoms. The smallest absolute Gasteiger partial charge is 0.142 e. The molecule has 4 heteroatoms. The summed E-state index contributed by atoms with van der Waals surface area (Å²) in [5.74, 6) is 0.489. The predicted octanol–water partition coefficient (Wildman–Crippen LogP) is 3.14. The van der Waals surface area contributed by atoms with Crippen LogP contribution >= 0.6 is 23.4 Å². The van der Waals surface area contributed by atoms with Crippen LogP contribution in [0.3, 0.4) is 0 Å². The van der Waals surface area contributed by atoms with Gasteiger partial charge in [0.25, 0.3) is 0 Å². The summed E-state index contributed by atoms with van der Waals surface area (Å²) in [7, 11) is 0. The van der Waals surface area contributed by atoms with Gasteiger partial charge >= 0.3 is 0 Å². The van der Waals surface area contributed by atoms with Crippen molar-refractivity contribution < 1.29 is 9.50 Å². The Balaban J connectivity index is 2.53. The average Bonchev–Trinajstić information content (AvgIpc) is 2.20. The Hall–Kier alpha value is -0.250. The molecule has 0 aliphatic carbocycles. The fourth-order valence-corrected chi connectivity index (χ4v) is 1.92. The summed E-state index contributed by atoms with van der Waals surface area (Å²) in [5, 5.41) is 9.75. The van der Waals surface area contributed by atoms with Gasteiger partial charge in [0.1, 0.15) is 5.82 Å². The number of hydrogen-bond donors (Lipinski definition) is 1. The Morgan fingerprint density at radius 2 is 2.27 bits per heavy atom. The van der Waals surface area contributed by atoms with E-state index in [4.69, 9.17) is 11.6 Å². The summed E-state index contributed by atoms with van der Waals surface area (Å²) in [6.45, 7) is 0. The largest absolute Gasteiger partial charge is 0.393 e. The van der Waals surface area contributed by atoms with Gasteiger partial charge < -0.3 is 5.11 Å². The SMILES string of the molecule is CSCCC(O)Cc1ccc(Cl)c(F)c1. The van der Waals surface area contributed by atoms with Crippen LogP contribution in [0, 0.1) is 5.82 Å². The molecule has 1 nitrogen and oxygen atoms in total. The van der Waals surface area contributed by atoms with Crippen molar-refractivity contribution in [2.45, 2.75) is 18.9 Å². The third kappa shape index (κ3) is 4.41. The second-order valence-electron chi connectivity index (χ2n) is 3.39. The predicted molar refractivity (Wildman–Crippen MR) is 64.1 cm³/mol. The van der Waals surface area contributed by atoms with E-state index < -0.39 is 11.9 Å². The maximum Gasteiger partial charge on any atom is 0.142 e. The van der Waals surface area contributed by atoms with Crippen LogP contribution in [0.2, 0.25) is 5.02 Å². The molecule has 0 spiro atoms. The molecule has 1 N–H and O–H groups in total. The molecule has 0 bridgehead atoms. The summed E-state index contributed by atoms with van der Waals surface area (Å²) < 4.78 is 13.1. The van der Waals surface area contributed by atoms with Gasteiger partial charge in [0, 0.05) is 0 Å². The first-order valence-corrected chi connectivity index (χ1v) is 6.51. The van der Waals surface area contributed by atoms with Crippen LogP contribution in [0.15, 0.2) is 18.2 Å². The first kappa shape index (κ1) is 12.8. The van der Waals surface area contributed by atoms with E-state index in [0.717, 1.165) is 17.7 Å². The van der Waals surface area contributed by atoms with Crippen molar-refractivity contribution in [2.75, 3.05) is 12.0 Å². The molecule has 84 valence electrons. The van der Waals surface area contributed by atoms with Crippen molar-refractivity contribution in [3.63, 3.8) is 0 Å². The fraction of sp³-hybridized carbons (Fsp3) is 0.455. The van der Waals surface area contributed by atoms with Crippen LogP contribution in [-0.2, 0) is 6.42 Å². The summed E-state index contributed by atoms with van der Waals surface area (Å²) in [6.07, 6.45) is 2.80. The second kappa shape index (κ2) is 6.36. The molecule has 0 amide bonds. The summed E-state index contributed by atoms with van der Waals surface area (Å²) in [6, 6.07) is 4.64. The standard InChI is InChI=1S/C11H14ClFOS/c1-15-5-4-9(14)6-8-2-3-10(12)11(13)7-8/h2-3,7,9,14H,4-6H2,1H3. The van der Waals surface area contributed by atoms with Gasteiger partial charge in [0.05, 0.1) is 11.1 Å². The number of hydrogen-bond acceptors (Lipinski definition) is 2. The maximum absolute atomic E-state index is 13.1. The van der Waals surface area contributed by atoms with Gasteiger partial charge in [0.15, 0.2) is 0 Å². The summed E-state index contributed by atoms with van der Waals surface area (Å²) in [5.41, 5.74) is 0.783. The normalized spacial score (nSPS) is 12.8. The number of aliphatic hydroxyl groups is 1. The summed E-state index contributed by atoms with van der Waals surface area (Å²) in [4.78, 5) is 0. The molecule has 0 radical (unpaired) electrons. The van der Waals surface area contributed by atoms with Gasteiger partial charge in [-0.05, 0) is 42.5 Å². The van der Waals surface area contributed by atoms with E-state index in [2.05, 4.69) is 0 Å². The maximum atomic E-state index is 13.1. The molecular formula is C11H14ClFOS. The average molecular weight is 249 g/mol. The minimum Gasteiger partial charge on any atom is -0.393 e. The van der Waals surface area contributed by atoms with Gasteiger partial charge in [-0.25, -0.2) is 4.39 Å². The molecule has 0 aliphatic heterocycles. The van der Waals surface area contributed by atoms with E-state index in [0.29, 0.717) is 6.42 Å². The van der Waals surface area contributed by atoms with E-state index in [1.54, 1.807) is 17.8 Å². The van der Waals surface area contributed by atoms with Crippen molar-refractivity contribution in [2.24, 2.45) is 0 Å². The zero-order valence-corrected chi connectivity index (χ0v) is 10.1. The third-order valence-electron chi connectivity index (χ3n) is 2.11. The van der Waals surface area contributed by atoms with Gasteiger partial charge in [-0.2, -0.15) is 11.8 Å². The van der Waals surface area contributed by atoms with E-state index in [1.165, 1.54) is 12.1 Å². The highest BCUT2D eigenvalue weighted by atomic mass is 35.5. The number of halogens is 2. The lowest BCUT2D eigenvalue weighted by Gasteiger charge is -2.09. The molecule has 1 aromatic carbocycles. The molecule has 0 fully saturated rings. The van der Waals surface area contributed by atoms with Gasteiger partial charge in [-0.1, -0.05) is 17.7 Å². The van der Waals surface area contributed by atoms with Crippen molar-refractivity contribution in [1.82, 2.24) is 0 Å². The fourth-order valence-electron chi connectivity index (χ4n) is 1.29. The lowest BCUT2D eigenvalue weighted by Crippen LogP contribution is -2.11. The third-order valence-corrected chi connectivity index (χ3v) is 3.06. The number of benzene rings is 1. The molecule has 0 heterocycles. The minimum absolute atomic E-state index is 0.123. The van der Waals surface area contributed by atoms with Crippen LogP contribution < -0.4 is 0 Å². The first-order valence-electron chi connectivity index (χ1n) is 4.74. The topological polar surface area (TPSA) is 20.2 Å². The van der Waals surface area contributed by atoms with Crippen LogP contribution in [0.1, 0.15) is 12.0 Å². The van der Waals surface area contributed by atoms with Crippen LogP contribution in [0.25, 0.3) is 0 Å². The van der Waals surface area contributed by atoms with Crippen molar-refractivity contribution in [3.05, 3.63) is 34.6 Å². The van der Waals surface area contributed by atoms with E-state index >= 15 is 0 Å². The summed E-state index contributed by atoms with van der Waals surface area (Å²) >= 11 is 7.25. The Morgan fingerprint density at radius 3 is 2.87 bits per heavy atom. The molecule has 1 rings (SSSR count). The molecular weight excluding hydrogens is 235 g/mol. The molecule has 0 saturated carbocycles. The number of thioether (sulfide) groups is 1. The van der Waals surface area contributed by atoms with Crippen molar-refractivity contribution in [3.8, 4) is 0 Å². The highest BCUT2D eigenvalue weighted by Crippen LogP contribution is 2.17. The number of rotatable bonds is 5. The quantitative estimate of drug-likeness (QED) is 0.864. The molecule has 0 saturated heterocycles. The van der Waals surface area contributed by atoms with Gasteiger partial charge in [0.2, 0.25) is 0 Å². The van der Waals surface area contributed by atoms with Crippen molar-refractivity contribution in [1.29, 1.82) is 0 Å². The monoisotopic (exact) mass is 248 g/mol. The molecule has 0 aliphatic rings. The second-order valence-corrected chi connectivity index (χ2v) is 4.78. The highest BCUT2D eigenvalue weighted by Gasteiger charge is 2.07. The lowest BCUT2D eigenvalue weighted by molar-refractivity contribution is 0.172. The Bertz CT molecular complexity index is 319. The van der Waals surface area contributed by atoms with Crippen LogP contribution in [0.4, 0.5) is 4.39 Å². The van der Waals surface area contributed by atoms with Crippen molar-refractivity contribution >= 4 is 23.4 Å². The first-order chi connectivity index (χ1) is 7.13. The van der Waals surface area contributed by atoms with E-state index in [9.17, 15) is 9.50 Å². The van der Waals surface area contributed by atoms with Crippen LogP contribution in [0.5, 0.6) is 0 Å². The zero-order valence-electron chi connectivity index (χ0n) is 8.54. The Labute approximate surface area is 98.6 Å². The van der Waals surface area contributed by atoms with Gasteiger partial charge in [-0.15, -0.1) is 0 Å². The zero-order chi connectivity index (χ0) is 11.3. The van der Waals surface area contributed by atoms with E-state index in [1.807, 2.05) is 6.26 Å². The number of aliphatic hydroxyl groups excluding tert-OH is 1. The molecule has 1 aromatic rings. The molecule has 1 atom stereocenters. The Kier molecular flexibility index (Phi) is 5.43. The molecule has 0 aromatic heterocycles. The minimum atomic E-state index is -0.425. The lowest BCUT2D eigenvalue weighted by atomic mass is 10.1. The highest BCUT2D eigenvalue weighted by molar-refractivity contribution is 7.98. The van der Waals surface area contributed by atoms with Gasteiger partial charge in [-0.3, -0.25) is 0 Å². The van der Waals surface area contributed by atoms with Crippen LogP contribution in [-0.4, -0.2) is 23.2 Å². The Morgan fingerprint density at radius 1 is 1.53 bits per heavy atom. The van der Waals surface area contributed by atoms with E-state index in [-0.39, 0.29) is 5.02 Å². The molecule has 1 unspecified atom stereocenters.